The van der Waals surface area contributed by atoms with Gasteiger partial charge in [0.15, 0.2) is 5.13 Å². The number of aryl methyl sites for hydroxylation is 1. The van der Waals surface area contributed by atoms with Crippen LogP contribution < -0.4 is 10.1 Å². The number of carbonyl (C=O) groups excluding carboxylic acids is 2. The van der Waals surface area contributed by atoms with Gasteiger partial charge in [0.05, 0.1) is 12.0 Å². The molecule has 0 spiro atoms. The molecule has 1 saturated heterocycles. The number of thiocarbonyl (C=S) groups is 1. The minimum Gasteiger partial charge on any atom is -0.497 e. The van der Waals surface area contributed by atoms with Crippen LogP contribution in [0, 0.1) is 6.92 Å². The van der Waals surface area contributed by atoms with E-state index in [1.807, 2.05) is 30.3 Å². The summed E-state index contributed by atoms with van der Waals surface area (Å²) >= 11 is 7.94. The van der Waals surface area contributed by atoms with Crippen molar-refractivity contribution in [3.8, 4) is 5.75 Å². The summed E-state index contributed by atoms with van der Waals surface area (Å²) in [6.45, 7) is 1.90. The molecule has 1 aromatic heterocycles. The Balaban J connectivity index is 1.36. The molecule has 4 rings (SSSR count). The van der Waals surface area contributed by atoms with Gasteiger partial charge in [0, 0.05) is 17.5 Å². The summed E-state index contributed by atoms with van der Waals surface area (Å²) in [5.74, 6) is 0.115. The number of methoxy groups -OCH3 is 1. The minimum absolute atomic E-state index is 0.155. The van der Waals surface area contributed by atoms with Crippen LogP contribution in [0.15, 0.2) is 59.6 Å². The molecule has 0 atom stereocenters. The summed E-state index contributed by atoms with van der Waals surface area (Å²) < 4.78 is 5.51. The molecule has 33 heavy (non-hydrogen) atoms. The topological polar surface area (TPSA) is 71.5 Å². The maximum Gasteiger partial charge on any atom is 0.266 e. The first-order valence-electron chi connectivity index (χ1n) is 10.1. The van der Waals surface area contributed by atoms with Crippen LogP contribution in [-0.4, -0.2) is 39.7 Å². The summed E-state index contributed by atoms with van der Waals surface area (Å²) in [6.07, 6.45) is 4.27. The molecule has 6 nitrogen and oxygen atoms in total. The van der Waals surface area contributed by atoms with Crippen molar-refractivity contribution in [1.29, 1.82) is 0 Å². The summed E-state index contributed by atoms with van der Waals surface area (Å²) in [5, 5.41) is 3.28. The monoisotopic (exact) mass is 495 g/mol. The number of thiazole rings is 1. The number of thioether (sulfide) groups is 1. The van der Waals surface area contributed by atoms with E-state index in [0.717, 1.165) is 22.6 Å². The number of hydrogen-bond acceptors (Lipinski definition) is 7. The van der Waals surface area contributed by atoms with Gasteiger partial charge in [-0.05, 0) is 36.3 Å². The van der Waals surface area contributed by atoms with E-state index < -0.39 is 0 Å². The molecule has 0 saturated carbocycles. The summed E-state index contributed by atoms with van der Waals surface area (Å²) in [6, 6.07) is 15.6. The highest BCUT2D eigenvalue weighted by atomic mass is 32.2. The summed E-state index contributed by atoms with van der Waals surface area (Å²) in [4.78, 5) is 32.5. The zero-order valence-corrected chi connectivity index (χ0v) is 20.5. The van der Waals surface area contributed by atoms with Crippen molar-refractivity contribution >= 4 is 62.7 Å². The molecule has 2 amide bonds. The van der Waals surface area contributed by atoms with Crippen LogP contribution in [0.4, 0.5) is 5.13 Å². The van der Waals surface area contributed by atoms with Gasteiger partial charge in [0.2, 0.25) is 5.91 Å². The van der Waals surface area contributed by atoms with Crippen LogP contribution in [0.5, 0.6) is 5.75 Å². The van der Waals surface area contributed by atoms with Crippen molar-refractivity contribution in [3.63, 3.8) is 0 Å². The fourth-order valence-electron chi connectivity index (χ4n) is 3.26. The number of rotatable bonds is 7. The largest absolute Gasteiger partial charge is 0.497 e. The number of ether oxygens (including phenoxy) is 1. The lowest BCUT2D eigenvalue weighted by atomic mass is 10.1. The predicted octanol–water partition coefficient (Wildman–Crippen LogP) is 4.89. The first kappa shape index (κ1) is 23.2. The third kappa shape index (κ3) is 5.87. The number of carbonyl (C=O) groups is 2. The Hall–Kier alpha value is -3.01. The number of benzene rings is 2. The highest BCUT2D eigenvalue weighted by Gasteiger charge is 2.33. The van der Waals surface area contributed by atoms with Crippen LogP contribution >= 0.6 is 35.3 Å². The van der Waals surface area contributed by atoms with Crippen LogP contribution in [-0.2, 0) is 16.0 Å². The standard InChI is InChI=1S/C24H21N3O3S3/c1-15-4-3-5-17(10-15)11-19-13-25-23(32-19)26-21(28)14-27-22(29)20(33-24(27)31)12-16-6-8-18(30-2)9-7-16/h3-10,12-13H,11,14H2,1-2H3,(H,25,26,28). The number of hydrogen-bond donors (Lipinski definition) is 1. The van der Waals surface area contributed by atoms with Crippen molar-refractivity contribution in [3.05, 3.63) is 81.2 Å². The SMILES string of the molecule is COc1ccc(C=C2SC(=S)N(CC(=O)Nc3ncc(Cc4cccc(C)c4)s3)C2=O)cc1. The van der Waals surface area contributed by atoms with Gasteiger partial charge in [-0.2, -0.15) is 0 Å². The smallest absolute Gasteiger partial charge is 0.266 e. The lowest BCUT2D eigenvalue weighted by molar-refractivity contribution is -0.126. The number of nitrogens with zero attached hydrogens (tertiary/aromatic N) is 2. The van der Waals surface area contributed by atoms with Gasteiger partial charge in [-0.1, -0.05) is 65.9 Å². The molecule has 2 heterocycles. The second-order valence-electron chi connectivity index (χ2n) is 7.39. The predicted molar refractivity (Wildman–Crippen MR) is 138 cm³/mol. The van der Waals surface area contributed by atoms with Gasteiger partial charge >= 0.3 is 0 Å². The molecule has 3 aromatic rings. The highest BCUT2D eigenvalue weighted by molar-refractivity contribution is 8.26. The molecule has 9 heteroatoms. The van der Waals surface area contributed by atoms with E-state index in [4.69, 9.17) is 17.0 Å². The minimum atomic E-state index is -0.339. The first-order valence-corrected chi connectivity index (χ1v) is 12.1. The summed E-state index contributed by atoms with van der Waals surface area (Å²) in [5.41, 5.74) is 3.25. The molecule has 1 aliphatic rings. The average Bonchev–Trinajstić information content (AvgIpc) is 3.33. The Morgan fingerprint density at radius 1 is 1.24 bits per heavy atom. The van der Waals surface area contributed by atoms with Crippen molar-refractivity contribution < 1.29 is 14.3 Å². The fourth-order valence-corrected chi connectivity index (χ4v) is 5.38. The lowest BCUT2D eigenvalue weighted by Crippen LogP contribution is -2.36. The molecule has 1 N–H and O–H groups in total. The van der Waals surface area contributed by atoms with Crippen LogP contribution in [0.3, 0.4) is 0 Å². The third-order valence-electron chi connectivity index (χ3n) is 4.85. The number of amides is 2. The number of anilines is 1. The van der Waals surface area contributed by atoms with Crippen LogP contribution in [0.25, 0.3) is 6.08 Å². The third-order valence-corrected chi connectivity index (χ3v) is 7.14. The van der Waals surface area contributed by atoms with E-state index in [-0.39, 0.29) is 18.4 Å². The zero-order chi connectivity index (χ0) is 23.4. The van der Waals surface area contributed by atoms with E-state index in [1.165, 1.54) is 39.1 Å². The fraction of sp³-hybridized carbons (Fsp3) is 0.167. The van der Waals surface area contributed by atoms with E-state index in [0.29, 0.717) is 14.4 Å². The molecule has 0 radical (unpaired) electrons. The van der Waals surface area contributed by atoms with Gasteiger partial charge in [0.1, 0.15) is 16.6 Å². The quantitative estimate of drug-likeness (QED) is 0.372. The Kier molecular flexibility index (Phi) is 7.22. The van der Waals surface area contributed by atoms with Gasteiger partial charge < -0.3 is 10.1 Å². The van der Waals surface area contributed by atoms with E-state index >= 15 is 0 Å². The maximum atomic E-state index is 12.8. The van der Waals surface area contributed by atoms with Crippen LogP contribution in [0.1, 0.15) is 21.6 Å². The molecule has 0 unspecified atom stereocenters. The summed E-state index contributed by atoms with van der Waals surface area (Å²) in [7, 11) is 1.60. The van der Waals surface area contributed by atoms with Crippen molar-refractivity contribution in [1.82, 2.24) is 9.88 Å². The molecule has 1 fully saturated rings. The highest BCUT2D eigenvalue weighted by Crippen LogP contribution is 2.32. The second kappa shape index (κ2) is 10.3. The van der Waals surface area contributed by atoms with E-state index in [2.05, 4.69) is 35.4 Å². The molecule has 2 aromatic carbocycles. The van der Waals surface area contributed by atoms with Gasteiger partial charge in [-0.15, -0.1) is 11.3 Å². The normalized spacial score (nSPS) is 14.7. The Morgan fingerprint density at radius 2 is 2.03 bits per heavy atom. The molecule has 168 valence electrons. The van der Waals surface area contributed by atoms with E-state index in [9.17, 15) is 9.59 Å². The van der Waals surface area contributed by atoms with Gasteiger partial charge in [0.25, 0.3) is 5.91 Å². The molecular formula is C24H21N3O3S3. The Labute approximate surface area is 205 Å². The first-order chi connectivity index (χ1) is 15.9. The van der Waals surface area contributed by atoms with Crippen LogP contribution in [0.2, 0.25) is 0 Å². The molecule has 1 aliphatic heterocycles. The molecule has 0 aliphatic carbocycles. The van der Waals surface area contributed by atoms with Crippen molar-refractivity contribution in [2.24, 2.45) is 0 Å². The molecule has 0 bridgehead atoms. The Morgan fingerprint density at radius 3 is 2.76 bits per heavy atom. The second-order valence-corrected chi connectivity index (χ2v) is 10.2. The van der Waals surface area contributed by atoms with Crippen molar-refractivity contribution in [2.45, 2.75) is 13.3 Å². The average molecular weight is 496 g/mol. The zero-order valence-electron chi connectivity index (χ0n) is 18.0. The maximum absolute atomic E-state index is 12.8. The lowest BCUT2D eigenvalue weighted by Gasteiger charge is -2.13. The Bertz CT molecular complexity index is 1240. The van der Waals surface area contributed by atoms with Crippen molar-refractivity contribution in [2.75, 3.05) is 19.0 Å². The van der Waals surface area contributed by atoms with Gasteiger partial charge in [-0.25, -0.2) is 4.98 Å². The number of aromatic nitrogens is 1. The van der Waals surface area contributed by atoms with E-state index in [1.54, 1.807) is 19.4 Å². The van der Waals surface area contributed by atoms with Gasteiger partial charge in [-0.3, -0.25) is 14.5 Å². The number of nitrogens with one attached hydrogen (secondary N) is 1. The molecular weight excluding hydrogens is 474 g/mol.